The molecule has 1 N–H and O–H groups in total. The minimum atomic E-state index is 0.120. The lowest BCUT2D eigenvalue weighted by molar-refractivity contribution is 0.184. The van der Waals surface area contributed by atoms with E-state index in [4.69, 9.17) is 0 Å². The summed E-state index contributed by atoms with van der Waals surface area (Å²) in [7, 11) is 1.86. The van der Waals surface area contributed by atoms with Gasteiger partial charge in [-0.15, -0.1) is 0 Å². The minimum absolute atomic E-state index is 0.120. The second-order valence-electron chi connectivity index (χ2n) is 6.08. The van der Waals surface area contributed by atoms with E-state index in [1.807, 2.05) is 19.4 Å². The van der Waals surface area contributed by atoms with Crippen LogP contribution in [-0.4, -0.2) is 21.6 Å². The molecular weight excluding hydrogens is 248 g/mol. The Morgan fingerprint density at radius 3 is 2.85 bits per heavy atom. The van der Waals surface area contributed by atoms with E-state index in [0.717, 1.165) is 23.5 Å². The lowest BCUT2D eigenvalue weighted by atomic mass is 9.81. The third-order valence-electron chi connectivity index (χ3n) is 5.17. The smallest absolute Gasteiger partial charge is 0.154 e. The summed E-state index contributed by atoms with van der Waals surface area (Å²) in [5.74, 6) is 0.735. The van der Waals surface area contributed by atoms with Gasteiger partial charge in [-0.3, -0.25) is 4.99 Å². The van der Waals surface area contributed by atoms with Gasteiger partial charge in [0.2, 0.25) is 0 Å². The van der Waals surface area contributed by atoms with Crippen molar-refractivity contribution in [3.8, 4) is 0 Å². The molecule has 20 heavy (non-hydrogen) atoms. The van der Waals surface area contributed by atoms with Crippen LogP contribution in [0.3, 0.4) is 0 Å². The predicted molar refractivity (Wildman–Crippen MR) is 81.5 cm³/mol. The van der Waals surface area contributed by atoms with E-state index in [1.165, 1.54) is 31.2 Å². The fourth-order valence-electron chi connectivity index (χ4n) is 3.81. The summed E-state index contributed by atoms with van der Waals surface area (Å²) in [5, 5.41) is 0. The van der Waals surface area contributed by atoms with Crippen LogP contribution < -0.4 is 5.49 Å². The SMILES string of the molecule is CCC(C)(C1CCCC1)n1c(=NC)cnc2[nH]ccc21. The van der Waals surface area contributed by atoms with Crippen molar-refractivity contribution in [2.24, 2.45) is 10.9 Å². The van der Waals surface area contributed by atoms with Gasteiger partial charge in [0.15, 0.2) is 5.65 Å². The molecule has 0 aromatic carbocycles. The van der Waals surface area contributed by atoms with E-state index >= 15 is 0 Å². The topological polar surface area (TPSA) is 46.0 Å². The number of nitrogens with one attached hydrogen (secondary N) is 1. The molecule has 0 bridgehead atoms. The molecule has 2 heterocycles. The molecule has 0 radical (unpaired) electrons. The first-order chi connectivity index (χ1) is 9.70. The summed E-state index contributed by atoms with van der Waals surface area (Å²) < 4.78 is 2.42. The molecule has 2 aromatic heterocycles. The summed E-state index contributed by atoms with van der Waals surface area (Å²) in [4.78, 5) is 12.2. The van der Waals surface area contributed by atoms with Crippen molar-refractivity contribution in [3.63, 3.8) is 0 Å². The molecular formula is C16H24N4. The van der Waals surface area contributed by atoms with E-state index in [0.29, 0.717) is 0 Å². The molecule has 1 unspecified atom stereocenters. The first kappa shape index (κ1) is 13.4. The number of hydrogen-bond acceptors (Lipinski definition) is 2. The Hall–Kier alpha value is -1.58. The number of aromatic amines is 1. The minimum Gasteiger partial charge on any atom is -0.345 e. The van der Waals surface area contributed by atoms with Crippen LogP contribution in [0.4, 0.5) is 0 Å². The van der Waals surface area contributed by atoms with Gasteiger partial charge in [-0.25, -0.2) is 4.98 Å². The van der Waals surface area contributed by atoms with Gasteiger partial charge in [-0.05, 0) is 38.2 Å². The highest BCUT2D eigenvalue weighted by molar-refractivity contribution is 5.70. The van der Waals surface area contributed by atoms with Crippen LogP contribution in [-0.2, 0) is 5.54 Å². The van der Waals surface area contributed by atoms with Crippen molar-refractivity contribution < 1.29 is 0 Å². The maximum atomic E-state index is 4.48. The molecule has 1 saturated carbocycles. The largest absolute Gasteiger partial charge is 0.345 e. The highest BCUT2D eigenvalue weighted by atomic mass is 15.1. The molecule has 1 aliphatic rings. The number of hydrogen-bond donors (Lipinski definition) is 1. The van der Waals surface area contributed by atoms with Gasteiger partial charge in [-0.2, -0.15) is 0 Å². The fourth-order valence-corrected chi connectivity index (χ4v) is 3.81. The zero-order valence-electron chi connectivity index (χ0n) is 12.7. The maximum Gasteiger partial charge on any atom is 0.154 e. The molecule has 0 saturated heterocycles. The van der Waals surface area contributed by atoms with Crippen LogP contribution in [0.15, 0.2) is 23.5 Å². The van der Waals surface area contributed by atoms with Crippen molar-refractivity contribution in [1.82, 2.24) is 14.5 Å². The van der Waals surface area contributed by atoms with Crippen molar-refractivity contribution in [3.05, 3.63) is 23.9 Å². The van der Waals surface area contributed by atoms with Crippen molar-refractivity contribution >= 4 is 11.2 Å². The van der Waals surface area contributed by atoms with E-state index in [2.05, 4.69) is 39.4 Å². The van der Waals surface area contributed by atoms with Crippen LogP contribution in [0, 0.1) is 5.92 Å². The van der Waals surface area contributed by atoms with E-state index < -0.39 is 0 Å². The summed E-state index contributed by atoms with van der Waals surface area (Å²) in [6.45, 7) is 4.69. The van der Waals surface area contributed by atoms with Gasteiger partial charge in [0.05, 0.1) is 11.7 Å². The first-order valence-electron chi connectivity index (χ1n) is 7.69. The van der Waals surface area contributed by atoms with Crippen LogP contribution in [0.25, 0.3) is 11.2 Å². The highest BCUT2D eigenvalue weighted by Gasteiger charge is 2.37. The Labute approximate surface area is 120 Å². The average molecular weight is 272 g/mol. The molecule has 3 rings (SSSR count). The molecule has 0 amide bonds. The van der Waals surface area contributed by atoms with E-state index in [-0.39, 0.29) is 5.54 Å². The third kappa shape index (κ3) is 1.89. The molecule has 4 nitrogen and oxygen atoms in total. The maximum absolute atomic E-state index is 4.48. The van der Waals surface area contributed by atoms with Crippen LogP contribution in [0.1, 0.15) is 46.0 Å². The molecule has 4 heteroatoms. The Bertz CT molecular complexity index is 660. The van der Waals surface area contributed by atoms with Crippen LogP contribution in [0.5, 0.6) is 0 Å². The van der Waals surface area contributed by atoms with Crippen LogP contribution >= 0.6 is 0 Å². The number of H-pyrrole nitrogens is 1. The number of rotatable bonds is 3. The van der Waals surface area contributed by atoms with Gasteiger partial charge in [0.1, 0.15) is 5.49 Å². The van der Waals surface area contributed by atoms with Gasteiger partial charge < -0.3 is 9.55 Å². The second kappa shape index (κ2) is 5.08. The lowest BCUT2D eigenvalue weighted by Gasteiger charge is -2.38. The van der Waals surface area contributed by atoms with Gasteiger partial charge in [0, 0.05) is 18.8 Å². The predicted octanol–water partition coefficient (Wildman–Crippen LogP) is 3.21. The summed E-state index contributed by atoms with van der Waals surface area (Å²) >= 11 is 0. The lowest BCUT2D eigenvalue weighted by Crippen LogP contribution is -2.44. The second-order valence-corrected chi connectivity index (χ2v) is 6.08. The Balaban J connectivity index is 2.27. The zero-order valence-corrected chi connectivity index (χ0v) is 12.7. The van der Waals surface area contributed by atoms with Gasteiger partial charge in [0.25, 0.3) is 0 Å². The molecule has 1 fully saturated rings. The molecule has 0 spiro atoms. The van der Waals surface area contributed by atoms with E-state index in [1.54, 1.807) is 0 Å². The van der Waals surface area contributed by atoms with Gasteiger partial charge >= 0.3 is 0 Å². The summed E-state index contributed by atoms with van der Waals surface area (Å²) in [6, 6.07) is 2.12. The van der Waals surface area contributed by atoms with Crippen molar-refractivity contribution in [2.75, 3.05) is 7.05 Å². The molecule has 108 valence electrons. The van der Waals surface area contributed by atoms with Crippen LogP contribution in [0.2, 0.25) is 0 Å². The quantitative estimate of drug-likeness (QED) is 0.916. The number of fused-ring (bicyclic) bond motifs is 1. The third-order valence-corrected chi connectivity index (χ3v) is 5.17. The normalized spacial score (nSPS) is 20.6. The van der Waals surface area contributed by atoms with Crippen molar-refractivity contribution in [1.29, 1.82) is 0 Å². The number of nitrogens with zero attached hydrogens (tertiary/aromatic N) is 3. The Kier molecular flexibility index (Phi) is 3.40. The summed E-state index contributed by atoms with van der Waals surface area (Å²) in [5.41, 5.74) is 3.22. The Morgan fingerprint density at radius 1 is 1.45 bits per heavy atom. The number of aromatic nitrogens is 3. The molecule has 1 aliphatic carbocycles. The average Bonchev–Trinajstić information content (AvgIpc) is 3.15. The Morgan fingerprint density at radius 2 is 2.20 bits per heavy atom. The summed E-state index contributed by atoms with van der Waals surface area (Å²) in [6.07, 6.45) is 10.4. The highest BCUT2D eigenvalue weighted by Crippen LogP contribution is 2.41. The standard InChI is InChI=1S/C16H24N4/c1-4-16(2,12-7-5-6-8-12)20-13-9-10-18-15(13)19-11-14(20)17-3/h9-12,18H,4-8H2,1-3H3. The molecule has 1 atom stereocenters. The molecule has 0 aliphatic heterocycles. The van der Waals surface area contributed by atoms with Crippen molar-refractivity contribution in [2.45, 2.75) is 51.5 Å². The first-order valence-corrected chi connectivity index (χ1v) is 7.69. The fraction of sp³-hybridized carbons (Fsp3) is 0.625. The molecule has 2 aromatic rings. The zero-order chi connectivity index (χ0) is 14.2. The monoisotopic (exact) mass is 272 g/mol. The van der Waals surface area contributed by atoms with E-state index in [9.17, 15) is 0 Å². The van der Waals surface area contributed by atoms with Gasteiger partial charge in [-0.1, -0.05) is 19.8 Å².